The van der Waals surface area contributed by atoms with Crippen LogP contribution in [0.3, 0.4) is 0 Å². The summed E-state index contributed by atoms with van der Waals surface area (Å²) < 4.78 is 40.3. The lowest BCUT2D eigenvalue weighted by molar-refractivity contribution is -0.141. The topological polar surface area (TPSA) is 93.7 Å². The maximum absolute atomic E-state index is 13.5. The molecule has 1 aliphatic carbocycles. The van der Waals surface area contributed by atoms with E-state index < -0.39 is 5.92 Å². The standard InChI is InChI=1S/C35H33NO8/c1-19-5-9-22(10-6-19)44-23-11-7-21(8-12-23)36-33-25-16-28-27(42-18-43-28)15-24(25)31(32-26(33)17-41-35(32)37)20-13-29(38-2)34(40-4)30(14-20)39-3/h5-16,26,31-33,36H,17-18H2,1-4H3/t26-,31+,32-,33+/m0/s1. The van der Waals surface area contributed by atoms with E-state index in [9.17, 15) is 4.79 Å². The van der Waals surface area contributed by atoms with E-state index in [1.54, 1.807) is 21.3 Å². The van der Waals surface area contributed by atoms with Crippen molar-refractivity contribution in [3.05, 3.63) is 95.1 Å². The number of fused-ring (bicyclic) bond motifs is 3. The number of anilines is 1. The minimum atomic E-state index is -0.465. The van der Waals surface area contributed by atoms with Crippen molar-refractivity contribution in [2.75, 3.05) is 40.0 Å². The first-order valence-corrected chi connectivity index (χ1v) is 14.5. The van der Waals surface area contributed by atoms with Gasteiger partial charge in [-0.05, 0) is 84.3 Å². The van der Waals surface area contributed by atoms with Crippen LogP contribution in [-0.2, 0) is 9.53 Å². The quantitative estimate of drug-likeness (QED) is 0.225. The van der Waals surface area contributed by atoms with Crippen LogP contribution in [0.1, 0.15) is 34.2 Å². The molecule has 1 saturated heterocycles. The second kappa shape index (κ2) is 11.2. The number of rotatable bonds is 8. The predicted octanol–water partition coefficient (Wildman–Crippen LogP) is 6.63. The van der Waals surface area contributed by atoms with Gasteiger partial charge in [-0.25, -0.2) is 0 Å². The van der Waals surface area contributed by atoms with Gasteiger partial charge in [0.05, 0.1) is 39.9 Å². The molecule has 0 bridgehead atoms. The van der Waals surface area contributed by atoms with E-state index in [1.165, 1.54) is 5.56 Å². The van der Waals surface area contributed by atoms with Crippen LogP contribution in [0.2, 0.25) is 0 Å². The lowest BCUT2D eigenvalue weighted by Gasteiger charge is -2.40. The summed E-state index contributed by atoms with van der Waals surface area (Å²) in [6.45, 7) is 2.47. The van der Waals surface area contributed by atoms with Crippen molar-refractivity contribution >= 4 is 11.7 Å². The van der Waals surface area contributed by atoms with Crippen LogP contribution < -0.4 is 33.7 Å². The molecule has 4 atom stereocenters. The molecule has 3 aliphatic rings. The summed E-state index contributed by atoms with van der Waals surface area (Å²) in [5.41, 5.74) is 4.86. The number of carbonyl (C=O) groups is 1. The maximum atomic E-state index is 13.5. The molecular weight excluding hydrogens is 562 g/mol. The summed E-state index contributed by atoms with van der Waals surface area (Å²) in [6.07, 6.45) is 0. The number of nitrogens with one attached hydrogen (secondary N) is 1. The molecule has 44 heavy (non-hydrogen) atoms. The van der Waals surface area contributed by atoms with Gasteiger partial charge in [0, 0.05) is 17.5 Å². The van der Waals surface area contributed by atoms with Gasteiger partial charge < -0.3 is 38.5 Å². The fraction of sp³-hybridized carbons (Fsp3) is 0.286. The normalized spacial score (nSPS) is 21.1. The number of hydrogen-bond acceptors (Lipinski definition) is 9. The molecule has 4 aromatic rings. The maximum Gasteiger partial charge on any atom is 0.310 e. The van der Waals surface area contributed by atoms with E-state index >= 15 is 0 Å². The summed E-state index contributed by atoms with van der Waals surface area (Å²) in [5, 5.41) is 3.70. The molecule has 2 aliphatic heterocycles. The van der Waals surface area contributed by atoms with Crippen molar-refractivity contribution < 1.29 is 38.0 Å². The fourth-order valence-corrected chi connectivity index (χ4v) is 6.57. The number of carbonyl (C=O) groups excluding carboxylic acids is 1. The highest BCUT2D eigenvalue weighted by atomic mass is 16.7. The second-order valence-electron chi connectivity index (χ2n) is 11.2. The van der Waals surface area contributed by atoms with Crippen LogP contribution in [0.25, 0.3) is 0 Å². The Bertz CT molecular complexity index is 1680. The van der Waals surface area contributed by atoms with E-state index in [2.05, 4.69) is 5.32 Å². The first-order chi connectivity index (χ1) is 21.5. The van der Waals surface area contributed by atoms with Gasteiger partial charge in [-0.3, -0.25) is 4.79 Å². The Morgan fingerprint density at radius 1 is 0.750 bits per heavy atom. The molecule has 0 saturated carbocycles. The third-order valence-electron chi connectivity index (χ3n) is 8.67. The van der Waals surface area contributed by atoms with Gasteiger partial charge in [0.1, 0.15) is 11.5 Å². The number of ether oxygens (including phenoxy) is 7. The first-order valence-electron chi connectivity index (χ1n) is 14.5. The SMILES string of the molecule is COc1cc([C@@H]2c3cc4c(cc3[C@@H](Nc3ccc(Oc5ccc(C)cc5)cc3)[C@H]3COC(=O)[C@H]23)OCO4)cc(OC)c1OC. The van der Waals surface area contributed by atoms with E-state index in [-0.39, 0.29) is 37.2 Å². The highest BCUT2D eigenvalue weighted by molar-refractivity contribution is 5.79. The van der Waals surface area contributed by atoms with Crippen LogP contribution in [0.15, 0.2) is 72.8 Å². The van der Waals surface area contributed by atoms with Gasteiger partial charge in [0.25, 0.3) is 0 Å². The zero-order valence-electron chi connectivity index (χ0n) is 24.9. The van der Waals surface area contributed by atoms with Gasteiger partial charge in [0.2, 0.25) is 12.5 Å². The third-order valence-corrected chi connectivity index (χ3v) is 8.67. The molecule has 0 amide bonds. The lowest BCUT2D eigenvalue weighted by Crippen LogP contribution is -2.37. The van der Waals surface area contributed by atoms with Crippen molar-refractivity contribution in [2.45, 2.75) is 18.9 Å². The van der Waals surface area contributed by atoms with Gasteiger partial charge in [-0.15, -0.1) is 0 Å². The number of methoxy groups -OCH3 is 3. The third kappa shape index (κ3) is 4.78. The lowest BCUT2D eigenvalue weighted by atomic mass is 9.65. The Labute approximate surface area is 255 Å². The number of aryl methyl sites for hydroxylation is 1. The van der Waals surface area contributed by atoms with Crippen molar-refractivity contribution in [3.63, 3.8) is 0 Å². The van der Waals surface area contributed by atoms with Crippen LogP contribution in [0.5, 0.6) is 40.2 Å². The van der Waals surface area contributed by atoms with Crippen molar-refractivity contribution in [1.82, 2.24) is 0 Å². The Morgan fingerprint density at radius 3 is 1.98 bits per heavy atom. The zero-order valence-corrected chi connectivity index (χ0v) is 24.9. The molecule has 0 radical (unpaired) electrons. The first kappa shape index (κ1) is 27.8. The van der Waals surface area contributed by atoms with Crippen LogP contribution >= 0.6 is 0 Å². The Hall–Kier alpha value is -5.05. The molecule has 1 fully saturated rings. The molecule has 7 rings (SSSR count). The highest BCUT2D eigenvalue weighted by Crippen LogP contribution is 2.56. The summed E-state index contributed by atoms with van der Waals surface area (Å²) in [6, 6.07) is 23.3. The van der Waals surface area contributed by atoms with E-state index in [1.807, 2.05) is 79.7 Å². The molecule has 226 valence electrons. The van der Waals surface area contributed by atoms with Crippen LogP contribution in [-0.4, -0.2) is 40.7 Å². The number of hydrogen-bond donors (Lipinski definition) is 1. The average Bonchev–Trinajstić information content (AvgIpc) is 3.67. The minimum absolute atomic E-state index is 0.141. The summed E-state index contributed by atoms with van der Waals surface area (Å²) in [4.78, 5) is 13.5. The molecular formula is C35H33NO8. The molecule has 0 unspecified atom stereocenters. The molecule has 2 heterocycles. The average molecular weight is 596 g/mol. The number of cyclic esters (lactones) is 1. The summed E-state index contributed by atoms with van der Waals surface area (Å²) in [7, 11) is 4.73. The molecule has 0 spiro atoms. The largest absolute Gasteiger partial charge is 0.493 e. The van der Waals surface area contributed by atoms with Crippen molar-refractivity contribution in [3.8, 4) is 40.2 Å². The number of benzene rings is 4. The van der Waals surface area contributed by atoms with Gasteiger partial charge in [-0.2, -0.15) is 0 Å². The van der Waals surface area contributed by atoms with Crippen molar-refractivity contribution in [1.29, 1.82) is 0 Å². The van der Waals surface area contributed by atoms with E-state index in [0.29, 0.717) is 28.7 Å². The number of esters is 1. The predicted molar refractivity (Wildman–Crippen MR) is 163 cm³/mol. The van der Waals surface area contributed by atoms with Crippen LogP contribution in [0.4, 0.5) is 5.69 Å². The Morgan fingerprint density at radius 2 is 1.36 bits per heavy atom. The van der Waals surface area contributed by atoms with Crippen molar-refractivity contribution in [2.24, 2.45) is 11.8 Å². The van der Waals surface area contributed by atoms with Crippen LogP contribution in [0, 0.1) is 18.8 Å². The Balaban J connectivity index is 1.28. The van der Waals surface area contributed by atoms with Gasteiger partial charge >= 0.3 is 5.97 Å². The molecule has 9 nitrogen and oxygen atoms in total. The molecule has 9 heteroatoms. The van der Waals surface area contributed by atoms with E-state index in [4.69, 9.17) is 33.2 Å². The summed E-state index contributed by atoms with van der Waals surface area (Å²) >= 11 is 0. The Kier molecular flexibility index (Phi) is 7.08. The smallest absolute Gasteiger partial charge is 0.310 e. The fourth-order valence-electron chi connectivity index (χ4n) is 6.57. The monoisotopic (exact) mass is 595 g/mol. The molecule has 0 aromatic heterocycles. The molecule has 4 aromatic carbocycles. The minimum Gasteiger partial charge on any atom is -0.493 e. The zero-order chi connectivity index (χ0) is 30.4. The van der Waals surface area contributed by atoms with E-state index in [0.717, 1.165) is 33.9 Å². The van der Waals surface area contributed by atoms with Gasteiger partial charge in [0.15, 0.2) is 23.0 Å². The summed E-state index contributed by atoms with van der Waals surface area (Å²) in [5.74, 6) is 3.10. The van der Waals surface area contributed by atoms with Gasteiger partial charge in [-0.1, -0.05) is 17.7 Å². The highest BCUT2D eigenvalue weighted by Gasteiger charge is 2.52. The molecule has 1 N–H and O–H groups in total. The second-order valence-corrected chi connectivity index (χ2v) is 11.2.